The van der Waals surface area contributed by atoms with Crippen LogP contribution in [0.1, 0.15) is 10.5 Å². The van der Waals surface area contributed by atoms with E-state index in [0.29, 0.717) is 11.4 Å². The van der Waals surface area contributed by atoms with Crippen LogP contribution in [0.5, 0.6) is 0 Å². The first-order chi connectivity index (χ1) is 10.2. The number of amides is 1. The lowest BCUT2D eigenvalue weighted by Crippen LogP contribution is -2.16. The summed E-state index contributed by atoms with van der Waals surface area (Å²) in [6.45, 7) is 0. The highest BCUT2D eigenvalue weighted by Crippen LogP contribution is 2.14. The number of imidazole rings is 1. The molecule has 0 unspecified atom stereocenters. The van der Waals surface area contributed by atoms with Crippen molar-refractivity contribution in [2.24, 2.45) is 0 Å². The smallest absolute Gasteiger partial charge is 0.274 e. The van der Waals surface area contributed by atoms with Crippen LogP contribution in [0, 0.1) is 5.82 Å². The standard InChI is InChI=1S/C16H12FN3O/c17-12-5-4-6-13(9-12)19-16(21)15-10-18-11-20(15)14-7-2-1-3-8-14/h1-11H,(H,19,21). The molecule has 0 radical (unpaired) electrons. The van der Waals surface area contributed by atoms with Gasteiger partial charge in [-0.2, -0.15) is 0 Å². The summed E-state index contributed by atoms with van der Waals surface area (Å²) >= 11 is 0. The van der Waals surface area contributed by atoms with Gasteiger partial charge in [0.2, 0.25) is 0 Å². The lowest BCUT2D eigenvalue weighted by atomic mass is 10.3. The van der Waals surface area contributed by atoms with E-state index in [4.69, 9.17) is 0 Å². The molecular weight excluding hydrogens is 269 g/mol. The fourth-order valence-corrected chi connectivity index (χ4v) is 2.02. The molecule has 0 saturated carbocycles. The maximum absolute atomic E-state index is 13.1. The maximum Gasteiger partial charge on any atom is 0.274 e. The summed E-state index contributed by atoms with van der Waals surface area (Å²) in [5.74, 6) is -0.744. The first kappa shape index (κ1) is 13.1. The van der Waals surface area contributed by atoms with Crippen LogP contribution in [0.3, 0.4) is 0 Å². The minimum Gasteiger partial charge on any atom is -0.321 e. The van der Waals surface area contributed by atoms with Crippen LogP contribution >= 0.6 is 0 Å². The SMILES string of the molecule is O=C(Nc1cccc(F)c1)c1cncn1-c1ccccc1. The first-order valence-corrected chi connectivity index (χ1v) is 6.39. The second kappa shape index (κ2) is 5.58. The highest BCUT2D eigenvalue weighted by atomic mass is 19.1. The lowest BCUT2D eigenvalue weighted by molar-refractivity contribution is 0.102. The van der Waals surface area contributed by atoms with Gasteiger partial charge in [-0.25, -0.2) is 9.37 Å². The zero-order valence-electron chi connectivity index (χ0n) is 11.0. The van der Waals surface area contributed by atoms with Crippen molar-refractivity contribution in [3.8, 4) is 5.69 Å². The van der Waals surface area contributed by atoms with E-state index in [-0.39, 0.29) is 5.91 Å². The number of nitrogens with one attached hydrogen (secondary N) is 1. The fraction of sp³-hybridized carbons (Fsp3) is 0. The second-order valence-electron chi connectivity index (χ2n) is 4.45. The highest BCUT2D eigenvalue weighted by Gasteiger charge is 2.13. The number of benzene rings is 2. The molecule has 2 aromatic carbocycles. The van der Waals surface area contributed by atoms with Crippen molar-refractivity contribution in [2.75, 3.05) is 5.32 Å². The Kier molecular flexibility index (Phi) is 3.47. The summed E-state index contributed by atoms with van der Waals surface area (Å²) in [5, 5.41) is 2.66. The van der Waals surface area contributed by atoms with Crippen LogP contribution in [0.2, 0.25) is 0 Å². The molecule has 0 bridgehead atoms. The number of hydrogen-bond donors (Lipinski definition) is 1. The van der Waals surface area contributed by atoms with Gasteiger partial charge < -0.3 is 5.32 Å². The van der Waals surface area contributed by atoms with E-state index in [2.05, 4.69) is 10.3 Å². The van der Waals surface area contributed by atoms with Crippen LogP contribution in [0.15, 0.2) is 67.1 Å². The Bertz CT molecular complexity index is 768. The zero-order chi connectivity index (χ0) is 14.7. The Balaban J connectivity index is 1.88. The van der Waals surface area contributed by atoms with Gasteiger partial charge in [-0.15, -0.1) is 0 Å². The number of aromatic nitrogens is 2. The predicted molar refractivity (Wildman–Crippen MR) is 77.9 cm³/mol. The first-order valence-electron chi connectivity index (χ1n) is 6.39. The van der Waals surface area contributed by atoms with Crippen molar-refractivity contribution in [3.63, 3.8) is 0 Å². The van der Waals surface area contributed by atoms with E-state index in [1.807, 2.05) is 30.3 Å². The number of carbonyl (C=O) groups excluding carboxylic acids is 1. The largest absolute Gasteiger partial charge is 0.321 e. The summed E-state index contributed by atoms with van der Waals surface area (Å²) in [5.41, 5.74) is 1.62. The van der Waals surface area contributed by atoms with E-state index in [9.17, 15) is 9.18 Å². The van der Waals surface area contributed by atoms with Crippen molar-refractivity contribution in [2.45, 2.75) is 0 Å². The minimum absolute atomic E-state index is 0.345. The summed E-state index contributed by atoms with van der Waals surface area (Å²) in [6.07, 6.45) is 3.04. The van der Waals surface area contributed by atoms with Crippen molar-refractivity contribution in [1.82, 2.24) is 9.55 Å². The topological polar surface area (TPSA) is 46.9 Å². The second-order valence-corrected chi connectivity index (χ2v) is 4.45. The van der Waals surface area contributed by atoms with Crippen molar-refractivity contribution < 1.29 is 9.18 Å². The van der Waals surface area contributed by atoms with Gasteiger partial charge in [0, 0.05) is 11.4 Å². The number of nitrogens with zero attached hydrogens (tertiary/aromatic N) is 2. The van der Waals surface area contributed by atoms with E-state index in [1.165, 1.54) is 18.3 Å². The molecule has 1 aromatic heterocycles. The molecule has 5 heteroatoms. The summed E-state index contributed by atoms with van der Waals surface area (Å²) < 4.78 is 14.8. The minimum atomic E-state index is -0.399. The van der Waals surface area contributed by atoms with E-state index >= 15 is 0 Å². The number of halogens is 1. The summed E-state index contributed by atoms with van der Waals surface area (Å²) in [4.78, 5) is 16.3. The van der Waals surface area contributed by atoms with Crippen molar-refractivity contribution >= 4 is 11.6 Å². The lowest BCUT2D eigenvalue weighted by Gasteiger charge is -2.08. The quantitative estimate of drug-likeness (QED) is 0.801. The van der Waals surface area contributed by atoms with Gasteiger partial charge in [0.05, 0.1) is 12.5 Å². The molecule has 21 heavy (non-hydrogen) atoms. The maximum atomic E-state index is 13.1. The Morgan fingerprint density at radius 1 is 1.10 bits per heavy atom. The van der Waals surface area contributed by atoms with Crippen LogP contribution in [0.4, 0.5) is 10.1 Å². The van der Waals surface area contributed by atoms with Crippen LogP contribution < -0.4 is 5.32 Å². The fourth-order valence-electron chi connectivity index (χ4n) is 2.02. The highest BCUT2D eigenvalue weighted by molar-refractivity contribution is 6.03. The van der Waals surface area contributed by atoms with Crippen molar-refractivity contribution in [3.05, 3.63) is 78.6 Å². The van der Waals surface area contributed by atoms with E-state index in [1.54, 1.807) is 23.0 Å². The number of rotatable bonds is 3. The van der Waals surface area contributed by atoms with Gasteiger partial charge >= 0.3 is 0 Å². The van der Waals surface area contributed by atoms with Gasteiger partial charge in [-0.05, 0) is 30.3 Å². The Hall–Kier alpha value is -2.95. The monoisotopic (exact) mass is 281 g/mol. The van der Waals surface area contributed by atoms with Crippen LogP contribution in [-0.2, 0) is 0 Å². The summed E-state index contributed by atoms with van der Waals surface area (Å²) in [6, 6.07) is 15.2. The molecule has 0 fully saturated rings. The molecular formula is C16H12FN3O. The van der Waals surface area contributed by atoms with Gasteiger partial charge in [0.25, 0.3) is 5.91 Å². The average Bonchev–Trinajstić information content (AvgIpc) is 2.98. The van der Waals surface area contributed by atoms with Gasteiger partial charge in [-0.3, -0.25) is 9.36 Å². The van der Waals surface area contributed by atoms with Crippen LogP contribution in [-0.4, -0.2) is 15.5 Å². The zero-order valence-corrected chi connectivity index (χ0v) is 11.0. The molecule has 3 aromatic rings. The summed E-state index contributed by atoms with van der Waals surface area (Å²) in [7, 11) is 0. The molecule has 0 atom stereocenters. The van der Waals surface area contributed by atoms with Gasteiger partial charge in [0.15, 0.2) is 0 Å². The van der Waals surface area contributed by atoms with Gasteiger partial charge in [0.1, 0.15) is 11.5 Å². The third kappa shape index (κ3) is 2.81. The molecule has 0 saturated heterocycles. The third-order valence-corrected chi connectivity index (χ3v) is 2.99. The number of carbonyl (C=O) groups is 1. The molecule has 4 nitrogen and oxygen atoms in total. The van der Waals surface area contributed by atoms with E-state index < -0.39 is 5.82 Å². The molecule has 1 amide bonds. The number of anilines is 1. The molecule has 0 aliphatic rings. The van der Waals surface area contributed by atoms with E-state index in [0.717, 1.165) is 5.69 Å². The number of para-hydroxylation sites is 1. The Morgan fingerprint density at radius 2 is 1.90 bits per heavy atom. The molecule has 3 rings (SSSR count). The predicted octanol–water partition coefficient (Wildman–Crippen LogP) is 3.26. The normalized spacial score (nSPS) is 10.3. The third-order valence-electron chi connectivity index (χ3n) is 2.99. The Morgan fingerprint density at radius 3 is 2.67 bits per heavy atom. The molecule has 104 valence electrons. The van der Waals surface area contributed by atoms with Gasteiger partial charge in [-0.1, -0.05) is 24.3 Å². The van der Waals surface area contributed by atoms with Crippen molar-refractivity contribution in [1.29, 1.82) is 0 Å². The van der Waals surface area contributed by atoms with Crippen LogP contribution in [0.25, 0.3) is 5.69 Å². The molecule has 0 spiro atoms. The molecule has 1 N–H and O–H groups in total. The number of hydrogen-bond acceptors (Lipinski definition) is 2. The molecule has 0 aliphatic carbocycles. The average molecular weight is 281 g/mol. The molecule has 0 aliphatic heterocycles. The Labute approximate surface area is 120 Å². The molecule has 1 heterocycles.